The van der Waals surface area contributed by atoms with Gasteiger partial charge in [-0.15, -0.1) is 11.3 Å². The van der Waals surface area contributed by atoms with Crippen molar-refractivity contribution in [2.45, 2.75) is 6.42 Å². The molecular formula is C11H8BrNO3S. The highest BCUT2D eigenvalue weighted by molar-refractivity contribution is 9.10. The van der Waals surface area contributed by atoms with Gasteiger partial charge in [0.15, 0.2) is 0 Å². The van der Waals surface area contributed by atoms with Crippen molar-refractivity contribution in [1.29, 1.82) is 0 Å². The Morgan fingerprint density at radius 2 is 2.24 bits per heavy atom. The molecule has 2 aromatic rings. The average Bonchev–Trinajstić information content (AvgIpc) is 2.69. The van der Waals surface area contributed by atoms with Crippen molar-refractivity contribution in [3.8, 4) is 16.3 Å². The molecule has 2 N–H and O–H groups in total. The van der Waals surface area contributed by atoms with Gasteiger partial charge in [-0.05, 0) is 18.2 Å². The molecule has 0 spiro atoms. The number of carbonyl (C=O) groups is 1. The lowest BCUT2D eigenvalue weighted by molar-refractivity contribution is -0.136. The fourth-order valence-corrected chi connectivity index (χ4v) is 2.55. The van der Waals surface area contributed by atoms with Crippen molar-refractivity contribution in [2.75, 3.05) is 0 Å². The van der Waals surface area contributed by atoms with Gasteiger partial charge in [-0.1, -0.05) is 15.9 Å². The number of nitrogens with zero attached hydrogens (tertiary/aromatic N) is 1. The monoisotopic (exact) mass is 313 g/mol. The normalized spacial score (nSPS) is 10.4. The number of halogens is 1. The van der Waals surface area contributed by atoms with Crippen LogP contribution in [0.3, 0.4) is 0 Å². The summed E-state index contributed by atoms with van der Waals surface area (Å²) in [6, 6.07) is 5.04. The minimum Gasteiger partial charge on any atom is -0.507 e. The highest BCUT2D eigenvalue weighted by atomic mass is 79.9. The Labute approximate surface area is 110 Å². The summed E-state index contributed by atoms with van der Waals surface area (Å²) >= 11 is 4.62. The maximum Gasteiger partial charge on any atom is 0.309 e. The number of aromatic hydroxyl groups is 1. The van der Waals surface area contributed by atoms with E-state index >= 15 is 0 Å². The van der Waals surface area contributed by atoms with Crippen molar-refractivity contribution in [1.82, 2.24) is 4.98 Å². The first-order chi connectivity index (χ1) is 8.06. The van der Waals surface area contributed by atoms with Crippen LogP contribution in [0.1, 0.15) is 5.69 Å². The van der Waals surface area contributed by atoms with Gasteiger partial charge in [0.2, 0.25) is 0 Å². The van der Waals surface area contributed by atoms with Crippen LogP contribution in [-0.2, 0) is 11.2 Å². The molecule has 0 fully saturated rings. The highest BCUT2D eigenvalue weighted by Gasteiger charge is 2.11. The number of carboxylic acid groups (broad SMARTS) is 1. The van der Waals surface area contributed by atoms with Gasteiger partial charge in [-0.2, -0.15) is 0 Å². The molecule has 0 amide bonds. The molecule has 0 bridgehead atoms. The average molecular weight is 314 g/mol. The molecule has 2 rings (SSSR count). The molecule has 0 unspecified atom stereocenters. The molecule has 0 atom stereocenters. The largest absolute Gasteiger partial charge is 0.507 e. The second kappa shape index (κ2) is 4.85. The number of phenolic OH excluding ortho intramolecular Hbond substituents is 1. The molecule has 17 heavy (non-hydrogen) atoms. The predicted octanol–water partition coefficient (Wildman–Crippen LogP) is 2.91. The standard InChI is InChI=1S/C11H8BrNO3S/c12-6-1-2-9(14)8(3-6)11-13-7(5-17-11)4-10(15)16/h1-3,5,14H,4H2,(H,15,16). The third kappa shape index (κ3) is 2.83. The fourth-order valence-electron chi connectivity index (χ4n) is 1.35. The number of hydrogen-bond acceptors (Lipinski definition) is 4. The number of benzene rings is 1. The lowest BCUT2D eigenvalue weighted by Gasteiger charge is -2.01. The quantitative estimate of drug-likeness (QED) is 0.914. The molecule has 0 aliphatic rings. The van der Waals surface area contributed by atoms with E-state index in [1.807, 2.05) is 0 Å². The molecular weight excluding hydrogens is 306 g/mol. The van der Waals surface area contributed by atoms with E-state index in [1.165, 1.54) is 11.3 Å². The smallest absolute Gasteiger partial charge is 0.309 e. The molecule has 0 saturated carbocycles. The summed E-state index contributed by atoms with van der Waals surface area (Å²) in [5.41, 5.74) is 1.10. The van der Waals surface area contributed by atoms with E-state index in [9.17, 15) is 9.90 Å². The number of phenols is 1. The zero-order valence-corrected chi connectivity index (χ0v) is 11.0. The summed E-state index contributed by atoms with van der Waals surface area (Å²) in [6.45, 7) is 0. The second-order valence-corrected chi connectivity index (χ2v) is 5.15. The minimum absolute atomic E-state index is 0.106. The third-order valence-corrected chi connectivity index (χ3v) is 3.49. The Morgan fingerprint density at radius 1 is 1.47 bits per heavy atom. The van der Waals surface area contributed by atoms with Gasteiger partial charge < -0.3 is 10.2 Å². The SMILES string of the molecule is O=C(O)Cc1csc(-c2cc(Br)ccc2O)n1. The first-order valence-electron chi connectivity index (χ1n) is 4.71. The van der Waals surface area contributed by atoms with Gasteiger partial charge in [0, 0.05) is 9.85 Å². The maximum atomic E-state index is 10.5. The van der Waals surface area contributed by atoms with Gasteiger partial charge in [-0.25, -0.2) is 4.98 Å². The Kier molecular flexibility index (Phi) is 3.44. The van der Waals surface area contributed by atoms with Crippen molar-refractivity contribution in [2.24, 2.45) is 0 Å². The summed E-state index contributed by atoms with van der Waals surface area (Å²) in [5.74, 6) is -0.787. The molecule has 0 radical (unpaired) electrons. The van der Waals surface area contributed by atoms with Crippen molar-refractivity contribution >= 4 is 33.2 Å². The number of thiazole rings is 1. The predicted molar refractivity (Wildman–Crippen MR) is 68.3 cm³/mol. The maximum absolute atomic E-state index is 10.5. The third-order valence-electron chi connectivity index (χ3n) is 2.07. The van der Waals surface area contributed by atoms with Crippen LogP contribution in [-0.4, -0.2) is 21.2 Å². The van der Waals surface area contributed by atoms with Gasteiger partial charge in [-0.3, -0.25) is 4.79 Å². The first-order valence-corrected chi connectivity index (χ1v) is 6.38. The van der Waals surface area contributed by atoms with E-state index < -0.39 is 5.97 Å². The van der Waals surface area contributed by atoms with E-state index in [1.54, 1.807) is 23.6 Å². The van der Waals surface area contributed by atoms with E-state index in [0.717, 1.165) is 4.47 Å². The Balaban J connectivity index is 2.36. The lowest BCUT2D eigenvalue weighted by atomic mass is 10.2. The molecule has 4 nitrogen and oxygen atoms in total. The number of hydrogen-bond donors (Lipinski definition) is 2. The number of rotatable bonds is 3. The molecule has 1 heterocycles. The van der Waals surface area contributed by atoms with E-state index in [-0.39, 0.29) is 12.2 Å². The van der Waals surface area contributed by atoms with Crippen LogP contribution in [0.2, 0.25) is 0 Å². The van der Waals surface area contributed by atoms with Crippen LogP contribution >= 0.6 is 27.3 Å². The Hall–Kier alpha value is -1.40. The van der Waals surface area contributed by atoms with E-state index in [2.05, 4.69) is 20.9 Å². The molecule has 0 aliphatic carbocycles. The number of carboxylic acids is 1. The van der Waals surface area contributed by atoms with E-state index in [0.29, 0.717) is 16.3 Å². The fraction of sp³-hybridized carbons (Fsp3) is 0.0909. The van der Waals surface area contributed by atoms with Crippen molar-refractivity contribution in [3.63, 3.8) is 0 Å². The molecule has 0 aliphatic heterocycles. The van der Waals surface area contributed by atoms with Crippen LogP contribution in [0.5, 0.6) is 5.75 Å². The zero-order chi connectivity index (χ0) is 12.4. The zero-order valence-electron chi connectivity index (χ0n) is 8.55. The van der Waals surface area contributed by atoms with Crippen LogP contribution in [0, 0.1) is 0 Å². The first kappa shape index (κ1) is 12.1. The molecule has 0 saturated heterocycles. The van der Waals surface area contributed by atoms with Crippen LogP contribution in [0.4, 0.5) is 0 Å². The van der Waals surface area contributed by atoms with Crippen LogP contribution in [0.15, 0.2) is 28.1 Å². The summed E-state index contributed by atoms with van der Waals surface area (Å²) in [4.78, 5) is 14.7. The van der Waals surface area contributed by atoms with Crippen LogP contribution < -0.4 is 0 Å². The second-order valence-electron chi connectivity index (χ2n) is 3.38. The molecule has 88 valence electrons. The van der Waals surface area contributed by atoms with Gasteiger partial charge in [0.25, 0.3) is 0 Å². The minimum atomic E-state index is -0.916. The van der Waals surface area contributed by atoms with Gasteiger partial charge >= 0.3 is 5.97 Å². The van der Waals surface area contributed by atoms with Gasteiger partial charge in [0.1, 0.15) is 10.8 Å². The lowest BCUT2D eigenvalue weighted by Crippen LogP contribution is -1.99. The Morgan fingerprint density at radius 3 is 2.94 bits per heavy atom. The Bertz CT molecular complexity index is 568. The molecule has 1 aromatic heterocycles. The summed E-state index contributed by atoms with van der Waals surface area (Å²) in [5, 5.41) is 20.7. The van der Waals surface area contributed by atoms with Crippen molar-refractivity contribution in [3.05, 3.63) is 33.7 Å². The highest BCUT2D eigenvalue weighted by Crippen LogP contribution is 2.33. The molecule has 6 heteroatoms. The molecule has 1 aromatic carbocycles. The summed E-state index contributed by atoms with van der Waals surface area (Å²) < 4.78 is 0.834. The number of aliphatic carboxylic acids is 1. The topological polar surface area (TPSA) is 70.4 Å². The number of aromatic nitrogens is 1. The summed E-state index contributed by atoms with van der Waals surface area (Å²) in [6.07, 6.45) is -0.106. The van der Waals surface area contributed by atoms with E-state index in [4.69, 9.17) is 5.11 Å². The summed E-state index contributed by atoms with van der Waals surface area (Å²) in [7, 11) is 0. The van der Waals surface area contributed by atoms with Gasteiger partial charge in [0.05, 0.1) is 17.7 Å². The van der Waals surface area contributed by atoms with Crippen LogP contribution in [0.25, 0.3) is 10.6 Å². The van der Waals surface area contributed by atoms with Crippen molar-refractivity contribution < 1.29 is 15.0 Å².